The molecular weight excluding hydrogens is 420 g/mol. The number of anilines is 2. The summed E-state index contributed by atoms with van der Waals surface area (Å²) in [6.45, 7) is 4.12. The molecule has 0 aromatic heterocycles. The number of para-hydroxylation sites is 2. The molecule has 2 aromatic carbocycles. The van der Waals surface area contributed by atoms with E-state index >= 15 is 0 Å². The van der Waals surface area contributed by atoms with Crippen LogP contribution < -0.4 is 15.0 Å². The maximum Gasteiger partial charge on any atom is 0.303 e. The molecule has 7 nitrogen and oxygen atoms in total. The van der Waals surface area contributed by atoms with Crippen molar-refractivity contribution in [3.63, 3.8) is 0 Å². The Balaban J connectivity index is 1.94. The summed E-state index contributed by atoms with van der Waals surface area (Å²) in [7, 11) is 1.58. The zero-order valence-corrected chi connectivity index (χ0v) is 19.1. The molecule has 33 heavy (non-hydrogen) atoms. The fourth-order valence-corrected chi connectivity index (χ4v) is 4.70. The number of ketones is 1. The van der Waals surface area contributed by atoms with Gasteiger partial charge in [-0.15, -0.1) is 0 Å². The Morgan fingerprint density at radius 2 is 1.79 bits per heavy atom. The molecule has 0 spiro atoms. The van der Waals surface area contributed by atoms with E-state index in [-0.39, 0.29) is 29.9 Å². The summed E-state index contributed by atoms with van der Waals surface area (Å²) in [5.41, 5.74) is 3.24. The maximum absolute atomic E-state index is 13.5. The van der Waals surface area contributed by atoms with E-state index in [0.717, 1.165) is 16.9 Å². The van der Waals surface area contributed by atoms with Crippen molar-refractivity contribution in [2.45, 2.75) is 45.6 Å². The second kappa shape index (κ2) is 8.73. The van der Waals surface area contributed by atoms with Gasteiger partial charge in [0.15, 0.2) is 5.78 Å². The normalized spacial score (nSPS) is 19.2. The number of hydrogen-bond acceptors (Lipinski definition) is 5. The lowest BCUT2D eigenvalue weighted by atomic mass is 9.73. The largest absolute Gasteiger partial charge is 0.497 e. The number of nitrogens with one attached hydrogen (secondary N) is 1. The second-order valence-electron chi connectivity index (χ2n) is 9.31. The lowest BCUT2D eigenvalue weighted by Gasteiger charge is -2.37. The lowest BCUT2D eigenvalue weighted by molar-refractivity contribution is -0.138. The molecule has 2 N–H and O–H groups in total. The molecule has 0 radical (unpaired) electrons. The number of benzene rings is 2. The minimum absolute atomic E-state index is 0.0154. The van der Waals surface area contributed by atoms with Crippen molar-refractivity contribution < 1.29 is 24.2 Å². The third kappa shape index (κ3) is 4.49. The summed E-state index contributed by atoms with van der Waals surface area (Å²) in [6, 6.07) is 14.0. The van der Waals surface area contributed by atoms with Crippen LogP contribution in [-0.4, -0.2) is 29.9 Å². The zero-order valence-electron chi connectivity index (χ0n) is 19.1. The highest BCUT2D eigenvalue weighted by molar-refractivity contribution is 6.06. The van der Waals surface area contributed by atoms with Crippen LogP contribution in [0.25, 0.3) is 0 Å². The van der Waals surface area contributed by atoms with Gasteiger partial charge in [-0.3, -0.25) is 19.3 Å². The monoisotopic (exact) mass is 448 g/mol. The van der Waals surface area contributed by atoms with Gasteiger partial charge < -0.3 is 15.2 Å². The molecule has 0 saturated carbocycles. The van der Waals surface area contributed by atoms with Crippen LogP contribution in [0.15, 0.2) is 59.8 Å². The molecule has 7 heteroatoms. The number of amides is 1. The van der Waals surface area contributed by atoms with Crippen LogP contribution in [0.4, 0.5) is 11.4 Å². The quantitative estimate of drug-likeness (QED) is 0.688. The lowest BCUT2D eigenvalue weighted by Crippen LogP contribution is -2.39. The van der Waals surface area contributed by atoms with Gasteiger partial charge in [-0.05, 0) is 41.7 Å². The van der Waals surface area contributed by atoms with E-state index in [1.807, 2.05) is 36.4 Å². The van der Waals surface area contributed by atoms with Crippen LogP contribution >= 0.6 is 0 Å². The smallest absolute Gasteiger partial charge is 0.303 e. The number of ether oxygens (including phenoxy) is 1. The van der Waals surface area contributed by atoms with Crippen LogP contribution in [0, 0.1) is 5.41 Å². The Morgan fingerprint density at radius 1 is 1.09 bits per heavy atom. The summed E-state index contributed by atoms with van der Waals surface area (Å²) >= 11 is 0. The highest BCUT2D eigenvalue weighted by atomic mass is 16.5. The summed E-state index contributed by atoms with van der Waals surface area (Å²) in [6.07, 6.45) is 0.575. The van der Waals surface area contributed by atoms with Crippen LogP contribution in [-0.2, 0) is 14.4 Å². The molecule has 2 aliphatic rings. The molecular formula is C26H28N2O5. The van der Waals surface area contributed by atoms with Crippen molar-refractivity contribution in [1.82, 2.24) is 0 Å². The summed E-state index contributed by atoms with van der Waals surface area (Å²) in [4.78, 5) is 39.8. The number of nitrogens with zero attached hydrogens (tertiary/aromatic N) is 1. The first-order valence-electron chi connectivity index (χ1n) is 11.0. The minimum Gasteiger partial charge on any atom is -0.497 e. The predicted molar refractivity (Wildman–Crippen MR) is 125 cm³/mol. The van der Waals surface area contributed by atoms with E-state index in [1.165, 1.54) is 0 Å². The maximum atomic E-state index is 13.5. The van der Waals surface area contributed by atoms with Gasteiger partial charge in [-0.2, -0.15) is 0 Å². The van der Waals surface area contributed by atoms with Gasteiger partial charge in [0.1, 0.15) is 5.75 Å². The van der Waals surface area contributed by atoms with E-state index in [1.54, 1.807) is 24.1 Å². The molecule has 0 unspecified atom stereocenters. The van der Waals surface area contributed by atoms with Gasteiger partial charge in [0, 0.05) is 24.1 Å². The number of carboxylic acids is 1. The van der Waals surface area contributed by atoms with Gasteiger partial charge in [-0.1, -0.05) is 38.1 Å². The van der Waals surface area contributed by atoms with Gasteiger partial charge in [0.2, 0.25) is 5.91 Å². The Labute approximate surface area is 193 Å². The number of fused-ring (bicyclic) bond motifs is 1. The number of hydrogen-bond donors (Lipinski definition) is 2. The number of aliphatic carboxylic acids is 1. The number of carboxylic acid groups (broad SMARTS) is 1. The molecule has 1 heterocycles. The standard InChI is InChI=1S/C26H28N2O5/c1-26(2)14-19-24(21(29)15-26)25(16-8-10-17(33-3)11-9-16)28(22(30)12-13-23(31)32)20-7-5-4-6-18(20)27-19/h4-11,25,27H,12-15H2,1-3H3,(H,31,32)/t25-/m1/s1. The van der Waals surface area contributed by atoms with Gasteiger partial charge in [-0.25, -0.2) is 0 Å². The number of carbonyl (C=O) groups excluding carboxylic acids is 2. The molecule has 4 rings (SSSR count). The van der Waals surface area contributed by atoms with Crippen LogP contribution in [0.1, 0.15) is 51.1 Å². The minimum atomic E-state index is -1.04. The highest BCUT2D eigenvalue weighted by Crippen LogP contribution is 2.48. The number of methoxy groups -OCH3 is 1. The number of Topliss-reactive ketones (excluding diaryl/α,β-unsaturated/α-hetero) is 1. The molecule has 172 valence electrons. The first kappa shape index (κ1) is 22.6. The fraction of sp³-hybridized carbons (Fsp3) is 0.346. The van der Waals surface area contributed by atoms with Crippen molar-refractivity contribution in [3.05, 3.63) is 65.4 Å². The zero-order chi connectivity index (χ0) is 23.8. The molecule has 0 bridgehead atoms. The van der Waals surface area contributed by atoms with Crippen molar-refractivity contribution in [3.8, 4) is 5.75 Å². The van der Waals surface area contributed by atoms with Gasteiger partial charge >= 0.3 is 5.97 Å². The first-order chi connectivity index (χ1) is 15.7. The van der Waals surface area contributed by atoms with Crippen LogP contribution in [0.3, 0.4) is 0 Å². The average Bonchev–Trinajstić information content (AvgIpc) is 2.91. The van der Waals surface area contributed by atoms with E-state index in [0.29, 0.717) is 29.9 Å². The molecule has 1 amide bonds. The third-order valence-electron chi connectivity index (χ3n) is 6.15. The third-order valence-corrected chi connectivity index (χ3v) is 6.15. The number of rotatable bonds is 5. The average molecular weight is 449 g/mol. The van der Waals surface area contributed by atoms with Crippen LogP contribution in [0.2, 0.25) is 0 Å². The van der Waals surface area contributed by atoms with Crippen molar-refractivity contribution >= 4 is 29.0 Å². The molecule has 2 aromatic rings. The molecule has 0 fully saturated rings. The highest BCUT2D eigenvalue weighted by Gasteiger charge is 2.43. The number of carbonyl (C=O) groups is 3. The van der Waals surface area contributed by atoms with E-state index < -0.39 is 12.0 Å². The molecule has 0 saturated heterocycles. The molecule has 1 aliphatic carbocycles. The Morgan fingerprint density at radius 3 is 2.45 bits per heavy atom. The Bertz CT molecular complexity index is 1130. The van der Waals surface area contributed by atoms with E-state index in [4.69, 9.17) is 4.74 Å². The summed E-state index contributed by atoms with van der Waals surface area (Å²) < 4.78 is 5.29. The number of allylic oxidation sites excluding steroid dienone is 1. The van der Waals surface area contributed by atoms with E-state index in [9.17, 15) is 19.5 Å². The fourth-order valence-electron chi connectivity index (χ4n) is 4.70. The van der Waals surface area contributed by atoms with Crippen LogP contribution in [0.5, 0.6) is 5.75 Å². The van der Waals surface area contributed by atoms with E-state index in [2.05, 4.69) is 19.2 Å². The molecule has 1 aliphatic heterocycles. The Hall–Kier alpha value is -3.61. The van der Waals surface area contributed by atoms with Crippen molar-refractivity contribution in [2.24, 2.45) is 5.41 Å². The van der Waals surface area contributed by atoms with Crippen molar-refractivity contribution in [2.75, 3.05) is 17.3 Å². The van der Waals surface area contributed by atoms with Crippen molar-refractivity contribution in [1.29, 1.82) is 0 Å². The summed E-state index contributed by atoms with van der Waals surface area (Å²) in [5.74, 6) is -0.738. The second-order valence-corrected chi connectivity index (χ2v) is 9.31. The SMILES string of the molecule is COc1ccc([C@@H]2C3=C(CC(C)(C)CC3=O)Nc3ccccc3N2C(=O)CCC(=O)O)cc1. The summed E-state index contributed by atoms with van der Waals surface area (Å²) in [5, 5.41) is 12.6. The Kier molecular flexibility index (Phi) is 5.97. The first-order valence-corrected chi connectivity index (χ1v) is 11.0. The molecule has 1 atom stereocenters. The van der Waals surface area contributed by atoms with Gasteiger partial charge in [0.25, 0.3) is 0 Å². The van der Waals surface area contributed by atoms with Gasteiger partial charge in [0.05, 0.1) is 30.9 Å². The topological polar surface area (TPSA) is 95.9 Å². The predicted octanol–water partition coefficient (Wildman–Crippen LogP) is 4.70.